The van der Waals surface area contributed by atoms with Crippen molar-refractivity contribution in [3.05, 3.63) is 52.0 Å². The lowest BCUT2D eigenvalue weighted by molar-refractivity contribution is -0.123. The molecule has 1 unspecified atom stereocenters. The summed E-state index contributed by atoms with van der Waals surface area (Å²) in [5.41, 5.74) is 4.32. The molecule has 0 heterocycles. The van der Waals surface area contributed by atoms with Gasteiger partial charge < -0.3 is 14.6 Å². The minimum Gasteiger partial charge on any atom is -0.503 e. The van der Waals surface area contributed by atoms with Crippen molar-refractivity contribution < 1.29 is 19.4 Å². The first kappa shape index (κ1) is 21.8. The Balaban J connectivity index is 1.87. The van der Waals surface area contributed by atoms with E-state index in [1.165, 1.54) is 11.8 Å². The lowest BCUT2D eigenvalue weighted by Crippen LogP contribution is -2.24. The predicted octanol–water partition coefficient (Wildman–Crippen LogP) is 4.60. The number of ether oxygens (including phenoxy) is 2. The van der Waals surface area contributed by atoms with Gasteiger partial charge in [0, 0.05) is 0 Å². The molecule has 0 bridgehead atoms. The highest BCUT2D eigenvalue weighted by atomic mass is 79.9. The van der Waals surface area contributed by atoms with E-state index in [0.717, 1.165) is 6.42 Å². The normalized spacial score (nSPS) is 12.0. The molecule has 0 aliphatic rings. The Bertz CT molecular complexity index is 822. The molecular weight excluding hydrogens is 424 g/mol. The van der Waals surface area contributed by atoms with Gasteiger partial charge in [0.15, 0.2) is 18.1 Å². The Morgan fingerprint density at radius 3 is 2.61 bits per heavy atom. The van der Waals surface area contributed by atoms with Crippen LogP contribution in [0.5, 0.6) is 17.2 Å². The minimum absolute atomic E-state index is 0.0239. The van der Waals surface area contributed by atoms with Gasteiger partial charge >= 0.3 is 0 Å². The average molecular weight is 449 g/mol. The van der Waals surface area contributed by atoms with E-state index in [4.69, 9.17) is 9.47 Å². The molecule has 0 saturated carbocycles. The summed E-state index contributed by atoms with van der Waals surface area (Å²) in [6, 6.07) is 11.1. The third-order valence-electron chi connectivity index (χ3n) is 4.18. The Labute approximate surface area is 173 Å². The van der Waals surface area contributed by atoms with Crippen LogP contribution < -0.4 is 14.9 Å². The van der Waals surface area contributed by atoms with Crippen molar-refractivity contribution in [1.29, 1.82) is 0 Å². The Kier molecular flexibility index (Phi) is 8.32. The third kappa shape index (κ3) is 6.27. The highest BCUT2D eigenvalue weighted by Crippen LogP contribution is 2.35. The molecule has 150 valence electrons. The van der Waals surface area contributed by atoms with Gasteiger partial charge in [-0.1, -0.05) is 26.0 Å². The number of nitrogens with zero attached hydrogens (tertiary/aromatic N) is 1. The van der Waals surface area contributed by atoms with E-state index in [0.29, 0.717) is 34.1 Å². The molecule has 6 nitrogen and oxygen atoms in total. The summed E-state index contributed by atoms with van der Waals surface area (Å²) in [5.74, 6) is 1.12. The molecule has 7 heteroatoms. The van der Waals surface area contributed by atoms with Crippen LogP contribution in [0, 0.1) is 0 Å². The minimum atomic E-state index is -0.370. The lowest BCUT2D eigenvalue weighted by Gasteiger charge is -2.10. The van der Waals surface area contributed by atoms with Gasteiger partial charge in [-0.15, -0.1) is 0 Å². The van der Waals surface area contributed by atoms with Gasteiger partial charge in [0.25, 0.3) is 5.91 Å². The van der Waals surface area contributed by atoms with Crippen LogP contribution in [0.2, 0.25) is 0 Å². The quantitative estimate of drug-likeness (QED) is 0.433. The fourth-order valence-corrected chi connectivity index (χ4v) is 2.88. The van der Waals surface area contributed by atoms with Crippen LogP contribution >= 0.6 is 15.9 Å². The van der Waals surface area contributed by atoms with Crippen LogP contribution in [-0.2, 0) is 4.79 Å². The Hall–Kier alpha value is -2.54. The monoisotopic (exact) mass is 448 g/mol. The second-order valence-electron chi connectivity index (χ2n) is 6.24. The molecule has 0 spiro atoms. The topological polar surface area (TPSA) is 80.2 Å². The highest BCUT2D eigenvalue weighted by molar-refractivity contribution is 9.10. The number of carbonyl (C=O) groups is 1. The van der Waals surface area contributed by atoms with Gasteiger partial charge in [0.05, 0.1) is 17.3 Å². The molecular formula is C21H25BrN2O4. The zero-order chi connectivity index (χ0) is 20.5. The van der Waals surface area contributed by atoms with Gasteiger partial charge in [-0.05, 0) is 70.6 Å². The molecule has 1 atom stereocenters. The van der Waals surface area contributed by atoms with Crippen molar-refractivity contribution >= 4 is 28.1 Å². The van der Waals surface area contributed by atoms with Crippen LogP contribution in [0.3, 0.4) is 0 Å². The standard InChI is InChI=1S/C21H25BrN2O4/c1-4-14(3)16-6-8-17(9-7-16)28-13-20(25)24-23-12-15-10-18(22)21(26)19(11-15)27-5-2/h6-12,14,26H,4-5,13H2,1-3H3,(H,24,25). The third-order valence-corrected chi connectivity index (χ3v) is 4.79. The van der Waals surface area contributed by atoms with E-state index in [-0.39, 0.29) is 18.3 Å². The maximum Gasteiger partial charge on any atom is 0.277 e. The highest BCUT2D eigenvalue weighted by Gasteiger charge is 2.09. The fourth-order valence-electron chi connectivity index (χ4n) is 2.42. The van der Waals surface area contributed by atoms with Gasteiger partial charge in [-0.25, -0.2) is 5.43 Å². The van der Waals surface area contributed by atoms with Gasteiger partial charge in [-0.2, -0.15) is 5.10 Å². The number of amides is 1. The molecule has 2 N–H and O–H groups in total. The zero-order valence-corrected chi connectivity index (χ0v) is 17.8. The van der Waals surface area contributed by atoms with Crippen molar-refractivity contribution in [2.45, 2.75) is 33.1 Å². The SMILES string of the molecule is CCOc1cc(C=NNC(=O)COc2ccc(C(C)CC)cc2)cc(Br)c1O. The smallest absolute Gasteiger partial charge is 0.277 e. The van der Waals surface area contributed by atoms with E-state index in [1.54, 1.807) is 12.1 Å². The number of hydrazone groups is 1. The number of hydrogen-bond acceptors (Lipinski definition) is 5. The first-order chi connectivity index (χ1) is 13.4. The van der Waals surface area contributed by atoms with Crippen LogP contribution in [0.15, 0.2) is 46.0 Å². The van der Waals surface area contributed by atoms with E-state index in [2.05, 4.69) is 40.3 Å². The van der Waals surface area contributed by atoms with Crippen molar-refractivity contribution in [2.75, 3.05) is 13.2 Å². The Morgan fingerprint density at radius 1 is 1.25 bits per heavy atom. The molecule has 0 radical (unpaired) electrons. The summed E-state index contributed by atoms with van der Waals surface area (Å²) in [6.45, 7) is 6.43. The first-order valence-corrected chi connectivity index (χ1v) is 9.93. The number of hydrogen-bond donors (Lipinski definition) is 2. The van der Waals surface area contributed by atoms with Crippen molar-refractivity contribution in [3.63, 3.8) is 0 Å². The molecule has 0 saturated heterocycles. The number of benzene rings is 2. The van der Waals surface area contributed by atoms with Crippen LogP contribution in [0.1, 0.15) is 44.2 Å². The average Bonchev–Trinajstić information content (AvgIpc) is 2.70. The van der Waals surface area contributed by atoms with E-state index >= 15 is 0 Å². The van der Waals surface area contributed by atoms with Crippen LogP contribution in [-0.4, -0.2) is 30.4 Å². The molecule has 2 rings (SSSR count). The lowest BCUT2D eigenvalue weighted by atomic mass is 9.99. The molecule has 0 aliphatic carbocycles. The predicted molar refractivity (Wildman–Crippen MR) is 113 cm³/mol. The van der Waals surface area contributed by atoms with E-state index < -0.39 is 0 Å². The van der Waals surface area contributed by atoms with Crippen molar-refractivity contribution in [3.8, 4) is 17.2 Å². The summed E-state index contributed by atoms with van der Waals surface area (Å²) < 4.78 is 11.3. The maximum absolute atomic E-state index is 11.9. The van der Waals surface area contributed by atoms with Crippen molar-refractivity contribution in [2.24, 2.45) is 5.10 Å². The van der Waals surface area contributed by atoms with E-state index in [1.807, 2.05) is 31.2 Å². The summed E-state index contributed by atoms with van der Waals surface area (Å²) >= 11 is 3.26. The number of phenolic OH excluding ortho intramolecular Hbond substituents is 1. The molecule has 2 aromatic carbocycles. The number of phenols is 1. The first-order valence-electron chi connectivity index (χ1n) is 9.14. The van der Waals surface area contributed by atoms with Crippen molar-refractivity contribution in [1.82, 2.24) is 5.43 Å². The molecule has 0 fully saturated rings. The Morgan fingerprint density at radius 2 is 1.96 bits per heavy atom. The second-order valence-corrected chi connectivity index (χ2v) is 7.10. The van der Waals surface area contributed by atoms with Crippen LogP contribution in [0.25, 0.3) is 0 Å². The summed E-state index contributed by atoms with van der Waals surface area (Å²) in [6.07, 6.45) is 2.54. The molecule has 1 amide bonds. The van der Waals surface area contributed by atoms with Crippen LogP contribution in [0.4, 0.5) is 0 Å². The summed E-state index contributed by atoms with van der Waals surface area (Å²) in [4.78, 5) is 11.9. The largest absolute Gasteiger partial charge is 0.503 e. The molecule has 28 heavy (non-hydrogen) atoms. The zero-order valence-electron chi connectivity index (χ0n) is 16.2. The maximum atomic E-state index is 11.9. The fraction of sp³-hybridized carbons (Fsp3) is 0.333. The summed E-state index contributed by atoms with van der Waals surface area (Å²) in [7, 11) is 0. The number of rotatable bonds is 9. The summed E-state index contributed by atoms with van der Waals surface area (Å²) in [5, 5.41) is 13.8. The number of carbonyl (C=O) groups excluding carboxylic acids is 1. The van der Waals surface area contributed by atoms with Gasteiger partial charge in [-0.3, -0.25) is 4.79 Å². The second kappa shape index (κ2) is 10.7. The van der Waals surface area contributed by atoms with E-state index in [9.17, 15) is 9.90 Å². The van der Waals surface area contributed by atoms with Gasteiger partial charge in [0.2, 0.25) is 0 Å². The number of aromatic hydroxyl groups is 1. The molecule has 2 aromatic rings. The number of nitrogens with one attached hydrogen (secondary N) is 1. The molecule has 0 aliphatic heterocycles. The van der Waals surface area contributed by atoms with Gasteiger partial charge in [0.1, 0.15) is 5.75 Å². The number of halogens is 1. The molecule has 0 aromatic heterocycles.